The highest BCUT2D eigenvalue weighted by molar-refractivity contribution is 7.89. The van der Waals surface area contributed by atoms with Crippen molar-refractivity contribution in [2.75, 3.05) is 51.6 Å². The Labute approximate surface area is 197 Å². The topological polar surface area (TPSA) is 72.9 Å². The van der Waals surface area contributed by atoms with Gasteiger partial charge in [0.2, 0.25) is 10.0 Å². The van der Waals surface area contributed by atoms with Gasteiger partial charge in [-0.3, -0.25) is 4.90 Å². The summed E-state index contributed by atoms with van der Waals surface area (Å²) in [6.07, 6.45) is 2.53. The molecule has 0 aromatic heterocycles. The van der Waals surface area contributed by atoms with Gasteiger partial charge in [-0.25, -0.2) is 13.1 Å². The number of nitrogens with zero attached hydrogens (tertiary/aromatic N) is 2. The second-order valence-corrected chi connectivity index (χ2v) is 10.6. The molecule has 1 aliphatic rings. The predicted octanol–water partition coefficient (Wildman–Crippen LogP) is 3.13. The van der Waals surface area contributed by atoms with E-state index in [-0.39, 0.29) is 24.9 Å². The molecule has 1 saturated heterocycles. The van der Waals surface area contributed by atoms with Crippen molar-refractivity contribution in [2.24, 2.45) is 0 Å². The van der Waals surface area contributed by atoms with Crippen LogP contribution < -0.4 is 4.72 Å². The van der Waals surface area contributed by atoms with Gasteiger partial charge in [0, 0.05) is 37.7 Å². The van der Waals surface area contributed by atoms with Gasteiger partial charge in [-0.1, -0.05) is 60.5 Å². The Balaban J connectivity index is 1.47. The molecule has 0 aliphatic carbocycles. The Kier molecular flexibility index (Phi) is 9.96. The first kappa shape index (κ1) is 25.1. The molecule has 2 aromatic carbocycles. The Morgan fingerprint density at radius 3 is 2.22 bits per heavy atom. The molecule has 0 radical (unpaired) electrons. The lowest BCUT2D eigenvalue weighted by Gasteiger charge is -2.40. The molecule has 2 aromatic rings. The standard InChI is InChI=1S/C24H34ClN3O3S/c25-23-11-9-22(10-12-23)24(21-7-3-1-4-8-21)28-17-15-27(16-18-28)14-5-2-6-20-32(30,31)26-13-19-29/h1,3-4,7-12,24,26,29H,2,5-6,13-20H2. The molecule has 2 N–H and O–H groups in total. The minimum atomic E-state index is -3.26. The van der Waals surface area contributed by atoms with Gasteiger partial charge in [0.15, 0.2) is 0 Å². The molecule has 1 aliphatic heterocycles. The maximum atomic E-state index is 11.8. The second kappa shape index (κ2) is 12.7. The van der Waals surface area contributed by atoms with E-state index in [1.165, 1.54) is 11.1 Å². The molecule has 8 heteroatoms. The number of halogens is 1. The van der Waals surface area contributed by atoms with E-state index in [9.17, 15) is 8.42 Å². The molecule has 3 rings (SSSR count). The number of rotatable bonds is 12. The molecule has 1 heterocycles. The Morgan fingerprint density at radius 2 is 1.56 bits per heavy atom. The molecule has 0 amide bonds. The zero-order chi connectivity index (χ0) is 22.8. The smallest absolute Gasteiger partial charge is 0.211 e. The average Bonchev–Trinajstić information content (AvgIpc) is 2.81. The lowest BCUT2D eigenvalue weighted by atomic mass is 9.96. The molecule has 1 unspecified atom stereocenters. The summed E-state index contributed by atoms with van der Waals surface area (Å²) < 4.78 is 25.9. The average molecular weight is 480 g/mol. The van der Waals surface area contributed by atoms with Gasteiger partial charge in [-0.2, -0.15) is 0 Å². The number of hydrogen-bond donors (Lipinski definition) is 2. The first-order chi connectivity index (χ1) is 15.5. The van der Waals surface area contributed by atoms with Gasteiger partial charge in [-0.05, 0) is 42.6 Å². The first-order valence-corrected chi connectivity index (χ1v) is 13.4. The summed E-state index contributed by atoms with van der Waals surface area (Å²) in [6.45, 7) is 4.90. The van der Waals surface area contributed by atoms with Gasteiger partial charge >= 0.3 is 0 Å². The summed E-state index contributed by atoms with van der Waals surface area (Å²) in [4.78, 5) is 5.01. The Morgan fingerprint density at radius 1 is 0.906 bits per heavy atom. The second-order valence-electron chi connectivity index (χ2n) is 8.24. The molecular weight excluding hydrogens is 446 g/mol. The van der Waals surface area contributed by atoms with Crippen LogP contribution in [0, 0.1) is 0 Å². The van der Waals surface area contributed by atoms with Gasteiger partial charge in [0.25, 0.3) is 0 Å². The zero-order valence-electron chi connectivity index (χ0n) is 18.5. The van der Waals surface area contributed by atoms with Gasteiger partial charge in [0.05, 0.1) is 18.4 Å². The van der Waals surface area contributed by atoms with Crippen molar-refractivity contribution in [3.05, 3.63) is 70.7 Å². The zero-order valence-corrected chi connectivity index (χ0v) is 20.1. The van der Waals surface area contributed by atoms with E-state index in [1.54, 1.807) is 0 Å². The third-order valence-corrected chi connectivity index (χ3v) is 7.62. The van der Waals surface area contributed by atoms with E-state index in [2.05, 4.69) is 50.9 Å². The molecule has 1 fully saturated rings. The molecule has 0 saturated carbocycles. The fraction of sp³-hybridized carbons (Fsp3) is 0.500. The molecule has 0 bridgehead atoms. The molecule has 6 nitrogen and oxygen atoms in total. The van der Waals surface area contributed by atoms with Crippen LogP contribution >= 0.6 is 11.6 Å². The first-order valence-electron chi connectivity index (χ1n) is 11.3. The van der Waals surface area contributed by atoms with Gasteiger partial charge in [0.1, 0.15) is 0 Å². The van der Waals surface area contributed by atoms with Crippen LogP contribution in [0.3, 0.4) is 0 Å². The van der Waals surface area contributed by atoms with Crippen molar-refractivity contribution in [1.82, 2.24) is 14.5 Å². The number of aliphatic hydroxyl groups is 1. The minimum absolute atomic E-state index is 0.0899. The van der Waals surface area contributed by atoms with Crippen molar-refractivity contribution in [3.8, 4) is 0 Å². The molecule has 32 heavy (non-hydrogen) atoms. The molecular formula is C24H34ClN3O3S. The van der Waals surface area contributed by atoms with Crippen molar-refractivity contribution in [2.45, 2.75) is 25.3 Å². The summed E-state index contributed by atoms with van der Waals surface area (Å²) in [5, 5.41) is 9.49. The Bertz CT molecular complexity index is 902. The molecule has 1 atom stereocenters. The van der Waals surface area contributed by atoms with Crippen LogP contribution in [0.5, 0.6) is 0 Å². The molecule has 176 valence electrons. The van der Waals surface area contributed by atoms with Gasteiger partial charge < -0.3 is 10.0 Å². The lowest BCUT2D eigenvalue weighted by molar-refractivity contribution is 0.108. The number of piperazine rings is 1. The van der Waals surface area contributed by atoms with E-state index >= 15 is 0 Å². The summed E-state index contributed by atoms with van der Waals surface area (Å²) in [5.41, 5.74) is 2.55. The van der Waals surface area contributed by atoms with Crippen molar-refractivity contribution in [3.63, 3.8) is 0 Å². The predicted molar refractivity (Wildman–Crippen MR) is 130 cm³/mol. The van der Waals surface area contributed by atoms with Crippen LogP contribution in [0.25, 0.3) is 0 Å². The van der Waals surface area contributed by atoms with Crippen molar-refractivity contribution in [1.29, 1.82) is 0 Å². The van der Waals surface area contributed by atoms with Crippen LogP contribution in [0.1, 0.15) is 36.4 Å². The number of sulfonamides is 1. The van der Waals surface area contributed by atoms with E-state index in [0.717, 1.165) is 50.6 Å². The summed E-state index contributed by atoms with van der Waals surface area (Å²) in [7, 11) is -3.26. The normalized spacial score (nSPS) is 16.8. The highest BCUT2D eigenvalue weighted by Crippen LogP contribution is 2.30. The van der Waals surface area contributed by atoms with Crippen LogP contribution in [0.15, 0.2) is 54.6 Å². The number of nitrogens with one attached hydrogen (secondary N) is 1. The van der Waals surface area contributed by atoms with E-state index < -0.39 is 10.0 Å². The van der Waals surface area contributed by atoms with Crippen LogP contribution in [-0.2, 0) is 10.0 Å². The van der Waals surface area contributed by atoms with Crippen molar-refractivity contribution >= 4 is 21.6 Å². The minimum Gasteiger partial charge on any atom is -0.395 e. The maximum absolute atomic E-state index is 11.8. The highest BCUT2D eigenvalue weighted by Gasteiger charge is 2.26. The summed E-state index contributed by atoms with van der Waals surface area (Å²) in [5.74, 6) is 0.126. The molecule has 0 spiro atoms. The van der Waals surface area contributed by atoms with Gasteiger partial charge in [-0.15, -0.1) is 0 Å². The highest BCUT2D eigenvalue weighted by atomic mass is 35.5. The SMILES string of the molecule is O=S(=O)(CCCCCN1CCN(C(c2ccccc2)c2ccc(Cl)cc2)CC1)NCCO. The van der Waals surface area contributed by atoms with Crippen LogP contribution in [0.2, 0.25) is 5.02 Å². The van der Waals surface area contributed by atoms with E-state index in [4.69, 9.17) is 16.7 Å². The van der Waals surface area contributed by atoms with E-state index in [0.29, 0.717) is 6.42 Å². The fourth-order valence-corrected chi connectivity index (χ4v) is 5.47. The maximum Gasteiger partial charge on any atom is 0.211 e. The third kappa shape index (κ3) is 7.83. The number of aliphatic hydroxyl groups excluding tert-OH is 1. The number of unbranched alkanes of at least 4 members (excludes halogenated alkanes) is 2. The monoisotopic (exact) mass is 479 g/mol. The summed E-state index contributed by atoms with van der Waals surface area (Å²) in [6, 6.07) is 19.0. The third-order valence-electron chi connectivity index (χ3n) is 5.89. The quantitative estimate of drug-likeness (QED) is 0.457. The lowest BCUT2D eigenvalue weighted by Crippen LogP contribution is -2.48. The fourth-order valence-electron chi connectivity index (χ4n) is 4.22. The largest absolute Gasteiger partial charge is 0.395 e. The van der Waals surface area contributed by atoms with Crippen LogP contribution in [0.4, 0.5) is 0 Å². The van der Waals surface area contributed by atoms with E-state index in [1.807, 2.05) is 18.2 Å². The van der Waals surface area contributed by atoms with Crippen LogP contribution in [-0.4, -0.2) is 75.0 Å². The number of hydrogen-bond acceptors (Lipinski definition) is 5. The van der Waals surface area contributed by atoms with Crippen molar-refractivity contribution < 1.29 is 13.5 Å². The number of benzene rings is 2. The Hall–Kier alpha value is -1.48. The summed E-state index contributed by atoms with van der Waals surface area (Å²) >= 11 is 6.12.